The molecule has 3 heterocycles. The molecule has 0 saturated carbocycles. The smallest absolute Gasteiger partial charge is 0.227 e. The Morgan fingerprint density at radius 2 is 2.39 bits per heavy atom. The van der Waals surface area contributed by atoms with Gasteiger partial charge in [0.25, 0.3) is 0 Å². The molecule has 23 heavy (non-hydrogen) atoms. The lowest BCUT2D eigenvalue weighted by molar-refractivity contribution is -0.138. The number of rotatable bonds is 5. The van der Waals surface area contributed by atoms with E-state index in [0.29, 0.717) is 26.1 Å². The maximum Gasteiger partial charge on any atom is 0.227 e. The fourth-order valence-corrected chi connectivity index (χ4v) is 3.45. The van der Waals surface area contributed by atoms with Gasteiger partial charge < -0.3 is 9.64 Å². The lowest BCUT2D eigenvalue weighted by Crippen LogP contribution is -2.46. The van der Waals surface area contributed by atoms with Crippen molar-refractivity contribution in [3.63, 3.8) is 0 Å². The summed E-state index contributed by atoms with van der Waals surface area (Å²) in [6.07, 6.45) is 3.91. The average molecular weight is 331 g/mol. The van der Waals surface area contributed by atoms with Crippen LogP contribution in [-0.4, -0.2) is 46.6 Å². The first kappa shape index (κ1) is 16.1. The van der Waals surface area contributed by atoms with Gasteiger partial charge in [-0.15, -0.1) is 11.3 Å². The zero-order chi connectivity index (χ0) is 16.1. The van der Waals surface area contributed by atoms with Gasteiger partial charge in [-0.2, -0.15) is 0 Å². The van der Waals surface area contributed by atoms with E-state index in [-0.39, 0.29) is 12.0 Å². The largest absolute Gasteiger partial charge is 0.375 e. The Hall–Kier alpha value is -1.79. The number of hydrogen-bond donors (Lipinski definition) is 0. The van der Waals surface area contributed by atoms with Crippen LogP contribution in [0.5, 0.6) is 0 Å². The molecule has 2 aromatic rings. The molecule has 1 atom stereocenters. The molecular formula is C17H21N3O2S. The van der Waals surface area contributed by atoms with E-state index >= 15 is 0 Å². The molecule has 1 amide bonds. The van der Waals surface area contributed by atoms with Crippen LogP contribution in [0.2, 0.25) is 0 Å². The van der Waals surface area contributed by atoms with Gasteiger partial charge in [0.05, 0.1) is 19.1 Å². The molecule has 1 fully saturated rings. The predicted molar refractivity (Wildman–Crippen MR) is 89.4 cm³/mol. The van der Waals surface area contributed by atoms with Gasteiger partial charge in [0, 0.05) is 29.4 Å². The van der Waals surface area contributed by atoms with E-state index in [4.69, 9.17) is 4.74 Å². The second-order valence-corrected chi connectivity index (χ2v) is 6.81. The van der Waals surface area contributed by atoms with Crippen molar-refractivity contribution < 1.29 is 9.53 Å². The molecule has 0 unspecified atom stereocenters. The lowest BCUT2D eigenvalue weighted by atomic mass is 10.1. The molecule has 0 bridgehead atoms. The van der Waals surface area contributed by atoms with Crippen molar-refractivity contribution >= 4 is 17.2 Å². The molecule has 6 heteroatoms. The Morgan fingerprint density at radius 3 is 3.17 bits per heavy atom. The maximum atomic E-state index is 12.4. The van der Waals surface area contributed by atoms with Crippen LogP contribution >= 0.6 is 11.3 Å². The third-order valence-electron chi connectivity index (χ3n) is 3.98. The zero-order valence-electron chi connectivity index (χ0n) is 13.3. The summed E-state index contributed by atoms with van der Waals surface area (Å²) in [7, 11) is 0. The molecule has 1 aliphatic rings. The number of aromatic nitrogens is 2. The van der Waals surface area contributed by atoms with Gasteiger partial charge in [-0.1, -0.05) is 6.07 Å². The highest BCUT2D eigenvalue weighted by Crippen LogP contribution is 2.15. The minimum absolute atomic E-state index is 0.0892. The molecule has 0 aromatic carbocycles. The highest BCUT2D eigenvalue weighted by molar-refractivity contribution is 7.10. The molecule has 5 nitrogen and oxygen atoms in total. The topological polar surface area (TPSA) is 55.3 Å². The number of ether oxygens (including phenoxy) is 1. The second-order valence-electron chi connectivity index (χ2n) is 5.78. The van der Waals surface area contributed by atoms with Crippen LogP contribution in [0.15, 0.2) is 29.9 Å². The Balaban J connectivity index is 1.50. The number of amides is 1. The maximum absolute atomic E-state index is 12.4. The van der Waals surface area contributed by atoms with Crippen LogP contribution in [-0.2, 0) is 22.4 Å². The van der Waals surface area contributed by atoms with E-state index in [0.717, 1.165) is 29.1 Å². The van der Waals surface area contributed by atoms with Gasteiger partial charge in [0.2, 0.25) is 5.91 Å². The van der Waals surface area contributed by atoms with Crippen LogP contribution in [0.4, 0.5) is 0 Å². The lowest BCUT2D eigenvalue weighted by Gasteiger charge is -2.33. The quantitative estimate of drug-likeness (QED) is 0.843. The van der Waals surface area contributed by atoms with Crippen molar-refractivity contribution in [2.24, 2.45) is 0 Å². The number of carbonyl (C=O) groups excluding carboxylic acids is 1. The van der Waals surface area contributed by atoms with Gasteiger partial charge in [-0.05, 0) is 37.3 Å². The first-order valence-corrected chi connectivity index (χ1v) is 8.78. The highest BCUT2D eigenvalue weighted by Gasteiger charge is 2.24. The Morgan fingerprint density at radius 1 is 1.48 bits per heavy atom. The summed E-state index contributed by atoms with van der Waals surface area (Å²) in [5.74, 6) is 0.193. The number of nitrogens with zero attached hydrogens (tertiary/aromatic N) is 3. The van der Waals surface area contributed by atoms with Crippen molar-refractivity contribution in [2.45, 2.75) is 32.3 Å². The second kappa shape index (κ2) is 7.66. The molecule has 3 rings (SSSR count). The first-order valence-electron chi connectivity index (χ1n) is 7.90. The van der Waals surface area contributed by atoms with Crippen molar-refractivity contribution in [3.05, 3.63) is 46.2 Å². The predicted octanol–water partition coefficient (Wildman–Crippen LogP) is 2.25. The van der Waals surface area contributed by atoms with Gasteiger partial charge >= 0.3 is 0 Å². The molecule has 0 spiro atoms. The van der Waals surface area contributed by atoms with Gasteiger partial charge in [-0.3, -0.25) is 4.79 Å². The Labute approximate surface area is 140 Å². The normalized spacial score (nSPS) is 18.1. The summed E-state index contributed by atoms with van der Waals surface area (Å²) in [6.45, 7) is 3.94. The first-order chi connectivity index (χ1) is 11.2. The van der Waals surface area contributed by atoms with Crippen molar-refractivity contribution in [1.29, 1.82) is 0 Å². The third-order valence-corrected chi connectivity index (χ3v) is 4.86. The molecular weight excluding hydrogens is 310 g/mol. The minimum atomic E-state index is 0.0892. The fourth-order valence-electron chi connectivity index (χ4n) is 2.75. The fraction of sp³-hybridized carbons (Fsp3) is 0.471. The molecule has 0 radical (unpaired) electrons. The summed E-state index contributed by atoms with van der Waals surface area (Å²) in [4.78, 5) is 23.8. The number of morpholine rings is 1. The van der Waals surface area contributed by atoms with E-state index in [2.05, 4.69) is 9.97 Å². The van der Waals surface area contributed by atoms with Crippen LogP contribution in [0.25, 0.3) is 0 Å². The van der Waals surface area contributed by atoms with E-state index in [1.54, 1.807) is 17.7 Å². The molecule has 2 aromatic heterocycles. The van der Waals surface area contributed by atoms with Crippen LogP contribution < -0.4 is 0 Å². The Bertz CT molecular complexity index is 645. The summed E-state index contributed by atoms with van der Waals surface area (Å²) in [5.41, 5.74) is 2.01. The van der Waals surface area contributed by atoms with Crippen LogP contribution in [0.3, 0.4) is 0 Å². The standard InChI is InChI=1S/C17H21N3O2S/c1-13-9-14(19-12-18-13)4-5-15-11-20(6-7-22-15)17(21)10-16-3-2-8-23-16/h2-3,8-9,12,15H,4-7,10-11H2,1H3/t15-/m1/s1. The van der Waals surface area contributed by atoms with Crippen molar-refractivity contribution in [1.82, 2.24) is 14.9 Å². The number of aryl methyl sites for hydroxylation is 2. The summed E-state index contributed by atoms with van der Waals surface area (Å²) in [6, 6.07) is 6.00. The van der Waals surface area contributed by atoms with Crippen molar-refractivity contribution in [3.8, 4) is 0 Å². The monoisotopic (exact) mass is 331 g/mol. The molecule has 122 valence electrons. The summed E-state index contributed by atoms with van der Waals surface area (Å²) >= 11 is 1.63. The van der Waals surface area contributed by atoms with Gasteiger partial charge in [0.15, 0.2) is 0 Å². The third kappa shape index (κ3) is 4.59. The van der Waals surface area contributed by atoms with Gasteiger partial charge in [-0.25, -0.2) is 9.97 Å². The SMILES string of the molecule is Cc1cc(CC[C@@H]2CN(C(=O)Cc3cccs3)CCO2)ncn1. The van der Waals surface area contributed by atoms with Crippen LogP contribution in [0, 0.1) is 6.92 Å². The molecule has 1 aliphatic heterocycles. The van der Waals surface area contributed by atoms with E-state index < -0.39 is 0 Å². The summed E-state index contributed by atoms with van der Waals surface area (Å²) < 4.78 is 5.81. The van der Waals surface area contributed by atoms with Crippen molar-refractivity contribution in [2.75, 3.05) is 19.7 Å². The number of thiophene rings is 1. The summed E-state index contributed by atoms with van der Waals surface area (Å²) in [5, 5.41) is 2.01. The van der Waals surface area contributed by atoms with E-state index in [1.807, 2.05) is 35.4 Å². The highest BCUT2D eigenvalue weighted by atomic mass is 32.1. The molecule has 0 aliphatic carbocycles. The van der Waals surface area contributed by atoms with E-state index in [9.17, 15) is 4.79 Å². The van der Waals surface area contributed by atoms with E-state index in [1.165, 1.54) is 0 Å². The van der Waals surface area contributed by atoms with Crippen LogP contribution in [0.1, 0.15) is 22.7 Å². The number of carbonyl (C=O) groups is 1. The zero-order valence-corrected chi connectivity index (χ0v) is 14.1. The average Bonchev–Trinajstić information content (AvgIpc) is 3.06. The molecule has 0 N–H and O–H groups in total. The van der Waals surface area contributed by atoms with Gasteiger partial charge in [0.1, 0.15) is 6.33 Å². The molecule has 1 saturated heterocycles. The Kier molecular flexibility index (Phi) is 5.35. The minimum Gasteiger partial charge on any atom is -0.375 e. The number of hydrogen-bond acceptors (Lipinski definition) is 5.